The highest BCUT2D eigenvalue weighted by Gasteiger charge is 2.33. The number of benzene rings is 1. The highest BCUT2D eigenvalue weighted by molar-refractivity contribution is 6.06. The molecule has 0 spiro atoms. The van der Waals surface area contributed by atoms with Gasteiger partial charge in [-0.05, 0) is 38.1 Å². The number of amides is 2. The van der Waals surface area contributed by atoms with Gasteiger partial charge in [0, 0.05) is 24.8 Å². The highest BCUT2D eigenvalue weighted by atomic mass is 19.4. The summed E-state index contributed by atoms with van der Waals surface area (Å²) in [4.78, 5) is 30.1. The Morgan fingerprint density at radius 3 is 2.38 bits per heavy atom. The number of hydrogen-bond acceptors (Lipinski definition) is 3. The lowest BCUT2D eigenvalue weighted by Crippen LogP contribution is -2.31. The highest BCUT2D eigenvalue weighted by Crippen LogP contribution is 2.34. The maximum absolute atomic E-state index is 13.0. The van der Waals surface area contributed by atoms with Gasteiger partial charge in [-0.25, -0.2) is 0 Å². The molecule has 0 saturated carbocycles. The molecule has 2 rings (SSSR count). The summed E-state index contributed by atoms with van der Waals surface area (Å²) in [5.41, 5.74) is -1.18. The molecule has 0 aliphatic rings. The van der Waals surface area contributed by atoms with Crippen LogP contribution in [-0.4, -0.2) is 34.8 Å². The van der Waals surface area contributed by atoms with Gasteiger partial charge in [-0.2, -0.15) is 13.2 Å². The summed E-state index contributed by atoms with van der Waals surface area (Å²) >= 11 is 0. The first kappa shape index (κ1) is 19.4. The fourth-order valence-corrected chi connectivity index (χ4v) is 2.40. The minimum atomic E-state index is -4.59. The van der Waals surface area contributed by atoms with Crippen LogP contribution in [0.15, 0.2) is 42.6 Å². The normalized spacial score (nSPS) is 11.1. The van der Waals surface area contributed by atoms with Gasteiger partial charge in [0.25, 0.3) is 11.8 Å². The molecule has 138 valence electrons. The van der Waals surface area contributed by atoms with Gasteiger partial charge >= 0.3 is 6.18 Å². The summed E-state index contributed by atoms with van der Waals surface area (Å²) in [6.07, 6.45) is -3.31. The van der Waals surface area contributed by atoms with Crippen LogP contribution >= 0.6 is 0 Å². The number of rotatable bonds is 5. The Morgan fingerprint density at radius 1 is 1.12 bits per heavy atom. The van der Waals surface area contributed by atoms with E-state index in [-0.39, 0.29) is 22.9 Å². The summed E-state index contributed by atoms with van der Waals surface area (Å²) in [6, 6.07) is 7.30. The van der Waals surface area contributed by atoms with Gasteiger partial charge < -0.3 is 10.2 Å². The molecule has 26 heavy (non-hydrogen) atoms. The molecule has 1 heterocycles. The molecule has 0 atom stereocenters. The number of aromatic nitrogens is 1. The predicted molar refractivity (Wildman–Crippen MR) is 90.9 cm³/mol. The molecule has 8 heteroatoms. The molecule has 1 aromatic carbocycles. The maximum Gasteiger partial charge on any atom is 0.418 e. The third-order valence-corrected chi connectivity index (χ3v) is 3.77. The quantitative estimate of drug-likeness (QED) is 0.876. The number of carbonyl (C=O) groups excluding carboxylic acids is 2. The first-order chi connectivity index (χ1) is 12.3. The Kier molecular flexibility index (Phi) is 5.97. The van der Waals surface area contributed by atoms with Crippen molar-refractivity contribution in [1.29, 1.82) is 0 Å². The van der Waals surface area contributed by atoms with Crippen molar-refractivity contribution >= 4 is 17.5 Å². The Balaban J connectivity index is 2.27. The van der Waals surface area contributed by atoms with E-state index in [9.17, 15) is 22.8 Å². The van der Waals surface area contributed by atoms with Crippen molar-refractivity contribution < 1.29 is 22.8 Å². The third kappa shape index (κ3) is 4.38. The first-order valence-electron chi connectivity index (χ1n) is 8.00. The van der Waals surface area contributed by atoms with E-state index in [4.69, 9.17) is 0 Å². The summed E-state index contributed by atoms with van der Waals surface area (Å²) in [7, 11) is 0. The van der Waals surface area contributed by atoms with Crippen LogP contribution in [0, 0.1) is 0 Å². The standard InChI is InChI=1S/C18H18F3N3O2/c1-3-24(4-2)17(26)15-11-12(9-10-22-15)16(25)23-14-8-6-5-7-13(14)18(19,20)21/h5-11H,3-4H2,1-2H3,(H,23,25). The molecule has 2 amide bonds. The zero-order chi connectivity index (χ0) is 19.3. The van der Waals surface area contributed by atoms with Gasteiger partial charge in [0.15, 0.2) is 0 Å². The van der Waals surface area contributed by atoms with Crippen molar-refractivity contribution in [3.05, 3.63) is 59.4 Å². The van der Waals surface area contributed by atoms with Crippen LogP contribution < -0.4 is 5.32 Å². The molecule has 1 aromatic heterocycles. The summed E-state index contributed by atoms with van der Waals surface area (Å²) in [6.45, 7) is 4.58. The van der Waals surface area contributed by atoms with E-state index in [1.165, 1.54) is 41.4 Å². The zero-order valence-electron chi connectivity index (χ0n) is 14.3. The molecule has 2 aromatic rings. The van der Waals surface area contributed by atoms with Crippen LogP contribution in [0.1, 0.15) is 40.3 Å². The predicted octanol–water partition coefficient (Wildman–Crippen LogP) is 3.83. The number of para-hydroxylation sites is 1. The van der Waals surface area contributed by atoms with E-state index in [1.807, 2.05) is 13.8 Å². The topological polar surface area (TPSA) is 62.3 Å². The second kappa shape index (κ2) is 7.99. The fraction of sp³-hybridized carbons (Fsp3) is 0.278. The molecule has 5 nitrogen and oxygen atoms in total. The Hall–Kier alpha value is -2.90. The lowest BCUT2D eigenvalue weighted by Gasteiger charge is -2.18. The van der Waals surface area contributed by atoms with E-state index >= 15 is 0 Å². The fourth-order valence-electron chi connectivity index (χ4n) is 2.40. The molecule has 0 saturated heterocycles. The van der Waals surface area contributed by atoms with Crippen LogP contribution in [0.5, 0.6) is 0 Å². The number of anilines is 1. The van der Waals surface area contributed by atoms with E-state index in [0.717, 1.165) is 6.07 Å². The maximum atomic E-state index is 13.0. The Morgan fingerprint density at radius 2 is 1.77 bits per heavy atom. The van der Waals surface area contributed by atoms with Crippen LogP contribution in [0.2, 0.25) is 0 Å². The van der Waals surface area contributed by atoms with Gasteiger partial charge in [-0.3, -0.25) is 14.6 Å². The van der Waals surface area contributed by atoms with Crippen molar-refractivity contribution in [2.75, 3.05) is 18.4 Å². The lowest BCUT2D eigenvalue weighted by atomic mass is 10.1. The summed E-state index contributed by atoms with van der Waals surface area (Å²) in [5, 5.41) is 2.25. The second-order valence-electron chi connectivity index (χ2n) is 5.40. The van der Waals surface area contributed by atoms with Crippen LogP contribution in [-0.2, 0) is 6.18 Å². The molecule has 0 bridgehead atoms. The van der Waals surface area contributed by atoms with Gasteiger partial charge in [0.1, 0.15) is 5.69 Å². The zero-order valence-corrected chi connectivity index (χ0v) is 14.3. The number of halogens is 3. The van der Waals surface area contributed by atoms with Gasteiger partial charge in [0.2, 0.25) is 0 Å². The minimum Gasteiger partial charge on any atom is -0.338 e. The van der Waals surface area contributed by atoms with E-state index in [2.05, 4.69) is 10.3 Å². The molecular formula is C18H18F3N3O2. The molecule has 1 N–H and O–H groups in total. The van der Waals surface area contributed by atoms with E-state index < -0.39 is 17.6 Å². The van der Waals surface area contributed by atoms with Gasteiger partial charge in [0.05, 0.1) is 11.3 Å². The number of nitrogens with one attached hydrogen (secondary N) is 1. The monoisotopic (exact) mass is 365 g/mol. The van der Waals surface area contributed by atoms with Crippen molar-refractivity contribution in [2.24, 2.45) is 0 Å². The average Bonchev–Trinajstić information content (AvgIpc) is 2.62. The number of pyridine rings is 1. The number of hydrogen-bond donors (Lipinski definition) is 1. The minimum absolute atomic E-state index is 0.0486. The number of nitrogens with zero attached hydrogens (tertiary/aromatic N) is 2. The van der Waals surface area contributed by atoms with Crippen molar-refractivity contribution in [3.63, 3.8) is 0 Å². The van der Waals surface area contributed by atoms with Crippen LogP contribution in [0.25, 0.3) is 0 Å². The molecule has 0 aliphatic carbocycles. The molecule has 0 aliphatic heterocycles. The van der Waals surface area contributed by atoms with Crippen molar-refractivity contribution in [2.45, 2.75) is 20.0 Å². The molecule has 0 fully saturated rings. The Bertz CT molecular complexity index is 802. The average molecular weight is 365 g/mol. The number of alkyl halides is 3. The Labute approximate surface area is 148 Å². The van der Waals surface area contributed by atoms with Crippen LogP contribution in [0.4, 0.5) is 18.9 Å². The second-order valence-corrected chi connectivity index (χ2v) is 5.40. The van der Waals surface area contributed by atoms with Crippen molar-refractivity contribution in [1.82, 2.24) is 9.88 Å². The number of carbonyl (C=O) groups is 2. The van der Waals surface area contributed by atoms with E-state index in [0.29, 0.717) is 13.1 Å². The first-order valence-corrected chi connectivity index (χ1v) is 8.00. The van der Waals surface area contributed by atoms with Crippen molar-refractivity contribution in [3.8, 4) is 0 Å². The molecule has 0 radical (unpaired) electrons. The SMILES string of the molecule is CCN(CC)C(=O)c1cc(C(=O)Nc2ccccc2C(F)(F)F)ccn1. The third-order valence-electron chi connectivity index (χ3n) is 3.77. The molecule has 0 unspecified atom stereocenters. The summed E-state index contributed by atoms with van der Waals surface area (Å²) in [5.74, 6) is -1.10. The molecular weight excluding hydrogens is 347 g/mol. The smallest absolute Gasteiger partial charge is 0.338 e. The van der Waals surface area contributed by atoms with Gasteiger partial charge in [-0.1, -0.05) is 12.1 Å². The lowest BCUT2D eigenvalue weighted by molar-refractivity contribution is -0.136. The largest absolute Gasteiger partial charge is 0.418 e. The van der Waals surface area contributed by atoms with Gasteiger partial charge in [-0.15, -0.1) is 0 Å². The van der Waals surface area contributed by atoms with E-state index in [1.54, 1.807) is 0 Å². The summed E-state index contributed by atoms with van der Waals surface area (Å²) < 4.78 is 39.1. The van der Waals surface area contributed by atoms with Crippen LogP contribution in [0.3, 0.4) is 0 Å².